The van der Waals surface area contributed by atoms with E-state index in [-0.39, 0.29) is 11.5 Å². The van der Waals surface area contributed by atoms with Gasteiger partial charge in [-0.1, -0.05) is 18.7 Å². The lowest BCUT2D eigenvalue weighted by molar-refractivity contribution is 0.596. The van der Waals surface area contributed by atoms with E-state index in [1.807, 2.05) is 18.2 Å². The molecule has 0 aliphatic heterocycles. The summed E-state index contributed by atoms with van der Waals surface area (Å²) in [5, 5.41) is 0. The van der Waals surface area contributed by atoms with Crippen LogP contribution in [0, 0.1) is 0 Å². The van der Waals surface area contributed by atoms with Crippen molar-refractivity contribution in [3.8, 4) is 0 Å². The molecule has 1 aromatic carbocycles. The minimum Gasteiger partial charge on any atom is -0.399 e. The smallest absolute Gasteiger partial charge is 0.151 e. The molecule has 2 N–H and O–H groups in total. The molecule has 104 valence electrons. The van der Waals surface area contributed by atoms with E-state index in [0.717, 1.165) is 26.0 Å². The predicted molar refractivity (Wildman–Crippen MR) is 83.7 cm³/mol. The van der Waals surface area contributed by atoms with Gasteiger partial charge in [0.25, 0.3) is 0 Å². The fourth-order valence-corrected chi connectivity index (χ4v) is 4.75. The van der Waals surface area contributed by atoms with E-state index in [4.69, 9.17) is 5.73 Å². The van der Waals surface area contributed by atoms with Crippen LogP contribution in [0.3, 0.4) is 0 Å². The minimum atomic E-state index is -2.85. The molecule has 4 nitrogen and oxygen atoms in total. The number of nitrogens with zero attached hydrogens (tertiary/aromatic N) is 1. The molecule has 2 rings (SSSR count). The molecule has 1 aromatic heterocycles. The molecule has 7 heteroatoms. The summed E-state index contributed by atoms with van der Waals surface area (Å²) in [5.74, 6) is 1.25. The topological polar surface area (TPSA) is 73.0 Å². The highest BCUT2D eigenvalue weighted by Gasteiger charge is 2.08. The number of benzene rings is 1. The van der Waals surface area contributed by atoms with Crippen LogP contribution in [-0.2, 0) is 9.84 Å². The molecule has 0 saturated heterocycles. The fraction of sp³-hybridized carbons (Fsp3) is 0.417. The van der Waals surface area contributed by atoms with Crippen LogP contribution < -0.4 is 5.73 Å². The lowest BCUT2D eigenvalue weighted by Crippen LogP contribution is -2.09. The van der Waals surface area contributed by atoms with Crippen molar-refractivity contribution in [1.82, 2.24) is 4.98 Å². The van der Waals surface area contributed by atoms with Crippen molar-refractivity contribution in [2.24, 2.45) is 0 Å². The number of anilines is 1. The van der Waals surface area contributed by atoms with Gasteiger partial charge in [0.05, 0.1) is 16.0 Å². The SMILES string of the molecule is CCS(=O)(=O)CCCSc1nc2ccc(N)cc2s1. The van der Waals surface area contributed by atoms with Crippen LogP contribution in [0.25, 0.3) is 10.2 Å². The Morgan fingerprint density at radius 2 is 2.21 bits per heavy atom. The summed E-state index contributed by atoms with van der Waals surface area (Å²) in [7, 11) is -2.85. The molecule has 19 heavy (non-hydrogen) atoms. The highest BCUT2D eigenvalue weighted by atomic mass is 32.2. The van der Waals surface area contributed by atoms with Crippen LogP contribution in [0.1, 0.15) is 13.3 Å². The second-order valence-corrected chi connectivity index (χ2v) is 8.99. The molecule has 0 spiro atoms. The van der Waals surface area contributed by atoms with E-state index in [2.05, 4.69) is 4.98 Å². The average Bonchev–Trinajstić information content (AvgIpc) is 2.76. The quantitative estimate of drug-likeness (QED) is 0.504. The molecule has 0 radical (unpaired) electrons. The lowest BCUT2D eigenvalue weighted by atomic mass is 10.3. The zero-order valence-corrected chi connectivity index (χ0v) is 13.1. The number of thioether (sulfide) groups is 1. The number of nitrogens with two attached hydrogens (primary N) is 1. The Hall–Kier alpha value is -0.790. The number of aromatic nitrogens is 1. The van der Waals surface area contributed by atoms with Gasteiger partial charge in [0, 0.05) is 17.2 Å². The summed E-state index contributed by atoms with van der Waals surface area (Å²) in [6.07, 6.45) is 0.666. The van der Waals surface area contributed by atoms with Gasteiger partial charge in [0.1, 0.15) is 9.84 Å². The molecule has 2 aromatic rings. The standard InChI is InChI=1S/C12H16N2O2S3/c1-2-19(15,16)7-3-6-17-12-14-10-5-4-9(13)8-11(10)18-12/h4-5,8H,2-3,6-7,13H2,1H3. The monoisotopic (exact) mass is 316 g/mol. The Bertz CT molecular complexity index is 665. The first-order chi connectivity index (χ1) is 9.00. The van der Waals surface area contributed by atoms with Gasteiger partial charge in [0.15, 0.2) is 4.34 Å². The molecule has 1 heterocycles. The molecule has 0 saturated carbocycles. The van der Waals surface area contributed by atoms with Gasteiger partial charge in [-0.05, 0) is 24.6 Å². The van der Waals surface area contributed by atoms with Gasteiger partial charge < -0.3 is 5.73 Å². The zero-order valence-electron chi connectivity index (χ0n) is 10.6. The third kappa shape index (κ3) is 4.09. The summed E-state index contributed by atoms with van der Waals surface area (Å²) in [4.78, 5) is 4.48. The van der Waals surface area contributed by atoms with Crippen LogP contribution in [-0.4, -0.2) is 30.7 Å². The van der Waals surface area contributed by atoms with Gasteiger partial charge in [-0.3, -0.25) is 0 Å². The summed E-state index contributed by atoms with van der Waals surface area (Å²) < 4.78 is 24.7. The Kier molecular flexibility index (Phi) is 4.70. The summed E-state index contributed by atoms with van der Waals surface area (Å²) in [5.41, 5.74) is 7.41. The maximum Gasteiger partial charge on any atom is 0.151 e. The molecular weight excluding hydrogens is 300 g/mol. The fourth-order valence-electron chi connectivity index (χ4n) is 1.56. The van der Waals surface area contributed by atoms with Gasteiger partial charge in [-0.15, -0.1) is 11.3 Å². The van der Waals surface area contributed by atoms with Crippen molar-refractivity contribution in [1.29, 1.82) is 0 Å². The summed E-state index contributed by atoms with van der Waals surface area (Å²) in [6, 6.07) is 5.66. The number of thiazole rings is 1. The van der Waals surface area contributed by atoms with E-state index in [0.29, 0.717) is 6.42 Å². The number of fused-ring (bicyclic) bond motifs is 1. The Morgan fingerprint density at radius 3 is 2.95 bits per heavy atom. The van der Waals surface area contributed by atoms with Gasteiger partial charge in [0.2, 0.25) is 0 Å². The van der Waals surface area contributed by atoms with Crippen LogP contribution >= 0.6 is 23.1 Å². The zero-order chi connectivity index (χ0) is 13.9. The van der Waals surface area contributed by atoms with Crippen molar-refractivity contribution in [2.45, 2.75) is 17.7 Å². The Labute approximate surface area is 121 Å². The first kappa shape index (κ1) is 14.6. The van der Waals surface area contributed by atoms with E-state index < -0.39 is 9.84 Å². The van der Waals surface area contributed by atoms with Crippen molar-refractivity contribution in [2.75, 3.05) is 23.0 Å². The highest BCUT2D eigenvalue weighted by Crippen LogP contribution is 2.30. The molecule has 0 aliphatic carbocycles. The van der Waals surface area contributed by atoms with Crippen LogP contribution in [0.4, 0.5) is 5.69 Å². The van der Waals surface area contributed by atoms with Gasteiger partial charge in [-0.25, -0.2) is 13.4 Å². The number of hydrogen-bond acceptors (Lipinski definition) is 6. The van der Waals surface area contributed by atoms with Crippen LogP contribution in [0.2, 0.25) is 0 Å². The molecule has 0 fully saturated rings. The predicted octanol–water partition coefficient (Wildman–Crippen LogP) is 2.80. The lowest BCUT2D eigenvalue weighted by Gasteiger charge is -1.99. The minimum absolute atomic E-state index is 0.220. The first-order valence-corrected chi connectivity index (χ1v) is 9.62. The molecule has 0 atom stereocenters. The third-order valence-electron chi connectivity index (χ3n) is 2.66. The van der Waals surface area contributed by atoms with E-state index >= 15 is 0 Å². The Balaban J connectivity index is 1.92. The molecule has 0 aliphatic rings. The van der Waals surface area contributed by atoms with Crippen molar-refractivity contribution in [3.05, 3.63) is 18.2 Å². The van der Waals surface area contributed by atoms with Crippen LogP contribution in [0.15, 0.2) is 22.5 Å². The van der Waals surface area contributed by atoms with E-state index in [1.165, 1.54) is 0 Å². The Morgan fingerprint density at radius 1 is 1.42 bits per heavy atom. The summed E-state index contributed by atoms with van der Waals surface area (Å²) >= 11 is 3.20. The highest BCUT2D eigenvalue weighted by molar-refractivity contribution is 8.01. The van der Waals surface area contributed by atoms with E-state index in [1.54, 1.807) is 30.0 Å². The maximum absolute atomic E-state index is 11.4. The second-order valence-electron chi connectivity index (χ2n) is 4.15. The van der Waals surface area contributed by atoms with Crippen LogP contribution in [0.5, 0.6) is 0 Å². The normalized spacial score (nSPS) is 12.1. The van der Waals surface area contributed by atoms with Gasteiger partial charge in [-0.2, -0.15) is 0 Å². The first-order valence-electron chi connectivity index (χ1n) is 5.99. The molecule has 0 amide bonds. The largest absolute Gasteiger partial charge is 0.399 e. The number of nitrogen functional groups attached to an aromatic ring is 1. The number of sulfone groups is 1. The number of hydrogen-bond donors (Lipinski definition) is 1. The van der Waals surface area contributed by atoms with Gasteiger partial charge >= 0.3 is 0 Å². The molecule has 0 bridgehead atoms. The molecule has 0 unspecified atom stereocenters. The van der Waals surface area contributed by atoms with E-state index in [9.17, 15) is 8.42 Å². The average molecular weight is 316 g/mol. The molecular formula is C12H16N2O2S3. The number of rotatable bonds is 6. The maximum atomic E-state index is 11.4. The van der Waals surface area contributed by atoms with Crippen molar-refractivity contribution < 1.29 is 8.42 Å². The van der Waals surface area contributed by atoms with Crippen molar-refractivity contribution >= 4 is 48.8 Å². The summed E-state index contributed by atoms with van der Waals surface area (Å²) in [6.45, 7) is 1.68. The van der Waals surface area contributed by atoms with Crippen molar-refractivity contribution in [3.63, 3.8) is 0 Å². The third-order valence-corrected chi connectivity index (χ3v) is 6.70. The second kappa shape index (κ2) is 6.11.